The highest BCUT2D eigenvalue weighted by Gasteiger charge is 2.23. The fourth-order valence-electron chi connectivity index (χ4n) is 4.28. The van der Waals surface area contributed by atoms with Gasteiger partial charge in [0.25, 0.3) is 0 Å². The molecule has 5 heterocycles. The molecule has 3 aromatic rings. The Hall–Kier alpha value is -2.70. The number of aryl methyl sites for hydroxylation is 1. The maximum atomic E-state index is 4.79. The van der Waals surface area contributed by atoms with Gasteiger partial charge in [0, 0.05) is 49.4 Å². The highest BCUT2D eigenvalue weighted by molar-refractivity contribution is 5.60. The predicted molar refractivity (Wildman–Crippen MR) is 105 cm³/mol. The number of piperidine rings is 1. The van der Waals surface area contributed by atoms with Crippen molar-refractivity contribution in [3.63, 3.8) is 0 Å². The average Bonchev–Trinajstić information content (AvgIpc) is 3.19. The van der Waals surface area contributed by atoms with Gasteiger partial charge in [0.15, 0.2) is 11.5 Å². The maximum absolute atomic E-state index is 4.79. The van der Waals surface area contributed by atoms with E-state index in [0.717, 1.165) is 49.6 Å². The van der Waals surface area contributed by atoms with Gasteiger partial charge in [-0.2, -0.15) is 4.52 Å². The van der Waals surface area contributed by atoms with Crippen LogP contribution in [0.3, 0.4) is 0 Å². The number of pyridine rings is 1. The Bertz CT molecular complexity index is 987. The Balaban J connectivity index is 1.47. The average molecular weight is 363 g/mol. The van der Waals surface area contributed by atoms with E-state index in [1.165, 1.54) is 41.8 Å². The molecule has 140 valence electrons. The SMILES string of the molecule is Cc1c(N2CCc3ncc(N4CCCCC4)cc3C2)nn2cnnc2c1C. The van der Waals surface area contributed by atoms with Gasteiger partial charge in [-0.3, -0.25) is 4.98 Å². The van der Waals surface area contributed by atoms with Gasteiger partial charge >= 0.3 is 0 Å². The zero-order valence-electron chi connectivity index (χ0n) is 16.0. The molecule has 2 aliphatic rings. The van der Waals surface area contributed by atoms with Crippen LogP contribution in [0.2, 0.25) is 0 Å². The van der Waals surface area contributed by atoms with Crippen LogP contribution in [-0.4, -0.2) is 44.4 Å². The van der Waals surface area contributed by atoms with Gasteiger partial charge in [-0.25, -0.2) is 0 Å². The highest BCUT2D eigenvalue weighted by atomic mass is 15.4. The Kier molecular flexibility index (Phi) is 3.95. The summed E-state index contributed by atoms with van der Waals surface area (Å²) in [5, 5.41) is 13.0. The van der Waals surface area contributed by atoms with Gasteiger partial charge in [-0.05, 0) is 44.7 Å². The zero-order valence-corrected chi connectivity index (χ0v) is 16.0. The number of rotatable bonds is 2. The zero-order chi connectivity index (χ0) is 18.4. The summed E-state index contributed by atoms with van der Waals surface area (Å²) in [7, 11) is 0. The number of fused-ring (bicyclic) bond motifs is 2. The summed E-state index contributed by atoms with van der Waals surface area (Å²) < 4.78 is 1.79. The molecule has 0 aliphatic carbocycles. The van der Waals surface area contributed by atoms with E-state index in [9.17, 15) is 0 Å². The summed E-state index contributed by atoms with van der Waals surface area (Å²) in [4.78, 5) is 9.64. The van der Waals surface area contributed by atoms with E-state index in [1.54, 1.807) is 10.8 Å². The Morgan fingerprint density at radius 3 is 2.67 bits per heavy atom. The van der Waals surface area contributed by atoms with E-state index < -0.39 is 0 Å². The first-order valence-electron chi connectivity index (χ1n) is 9.85. The number of anilines is 2. The van der Waals surface area contributed by atoms with Crippen molar-refractivity contribution < 1.29 is 0 Å². The topological polar surface area (TPSA) is 62.5 Å². The Morgan fingerprint density at radius 2 is 1.81 bits per heavy atom. The van der Waals surface area contributed by atoms with Crippen LogP contribution in [0, 0.1) is 13.8 Å². The first-order chi connectivity index (χ1) is 13.2. The van der Waals surface area contributed by atoms with E-state index in [1.807, 2.05) is 0 Å². The van der Waals surface area contributed by atoms with Crippen molar-refractivity contribution in [3.05, 3.63) is 41.0 Å². The third kappa shape index (κ3) is 2.81. The minimum Gasteiger partial charge on any atom is -0.370 e. The fourth-order valence-corrected chi connectivity index (χ4v) is 4.28. The van der Waals surface area contributed by atoms with Crippen LogP contribution >= 0.6 is 0 Å². The third-order valence-corrected chi connectivity index (χ3v) is 6.01. The third-order valence-electron chi connectivity index (χ3n) is 6.01. The van der Waals surface area contributed by atoms with Gasteiger partial charge in [0.1, 0.15) is 6.33 Å². The summed E-state index contributed by atoms with van der Waals surface area (Å²) >= 11 is 0. The second-order valence-corrected chi connectivity index (χ2v) is 7.69. The minimum absolute atomic E-state index is 0.836. The van der Waals surface area contributed by atoms with Gasteiger partial charge in [0.05, 0.1) is 11.9 Å². The summed E-state index contributed by atoms with van der Waals surface area (Å²) in [5.41, 5.74) is 6.98. The molecule has 1 saturated heterocycles. The van der Waals surface area contributed by atoms with Crippen molar-refractivity contribution in [2.75, 3.05) is 29.4 Å². The van der Waals surface area contributed by atoms with Gasteiger partial charge in [0.2, 0.25) is 0 Å². The van der Waals surface area contributed by atoms with E-state index in [0.29, 0.717) is 0 Å². The van der Waals surface area contributed by atoms with Crippen LogP contribution in [0.15, 0.2) is 18.6 Å². The lowest BCUT2D eigenvalue weighted by molar-refractivity contribution is 0.576. The largest absolute Gasteiger partial charge is 0.370 e. The minimum atomic E-state index is 0.836. The molecule has 0 unspecified atom stereocenters. The van der Waals surface area contributed by atoms with Gasteiger partial charge in [-0.1, -0.05) is 0 Å². The molecule has 7 heteroatoms. The predicted octanol–water partition coefficient (Wildman–Crippen LogP) is 2.69. The monoisotopic (exact) mass is 363 g/mol. The molecule has 0 spiro atoms. The van der Waals surface area contributed by atoms with Crippen LogP contribution < -0.4 is 9.80 Å². The second-order valence-electron chi connectivity index (χ2n) is 7.69. The molecule has 0 aromatic carbocycles. The maximum Gasteiger partial charge on any atom is 0.180 e. The second kappa shape index (κ2) is 6.48. The molecule has 7 nitrogen and oxygen atoms in total. The van der Waals surface area contributed by atoms with E-state index in [2.05, 4.69) is 46.1 Å². The molecule has 0 radical (unpaired) electrons. The lowest BCUT2D eigenvalue weighted by atomic mass is 10.0. The van der Waals surface area contributed by atoms with Crippen molar-refractivity contribution in [2.24, 2.45) is 0 Å². The number of nitrogens with zero attached hydrogens (tertiary/aromatic N) is 7. The van der Waals surface area contributed by atoms with Crippen LogP contribution in [-0.2, 0) is 13.0 Å². The Labute approximate surface area is 159 Å². The number of hydrogen-bond donors (Lipinski definition) is 0. The molecule has 0 N–H and O–H groups in total. The summed E-state index contributed by atoms with van der Waals surface area (Å²) in [6.07, 6.45) is 8.61. The molecule has 0 saturated carbocycles. The van der Waals surface area contributed by atoms with Crippen molar-refractivity contribution in [3.8, 4) is 0 Å². The molecular weight excluding hydrogens is 338 g/mol. The summed E-state index contributed by atoms with van der Waals surface area (Å²) in [6, 6.07) is 2.35. The number of aromatic nitrogens is 5. The smallest absolute Gasteiger partial charge is 0.180 e. The standard InChI is InChI=1S/C20H25N7/c1-14-15(2)20(24-27-13-22-23-19(14)27)26-9-6-18-16(12-26)10-17(11-21-18)25-7-4-3-5-8-25/h10-11,13H,3-9,12H2,1-2H3. The summed E-state index contributed by atoms with van der Waals surface area (Å²) in [5.74, 6) is 1.02. The van der Waals surface area contributed by atoms with Crippen LogP contribution in [0.25, 0.3) is 5.65 Å². The van der Waals surface area contributed by atoms with Crippen LogP contribution in [0.5, 0.6) is 0 Å². The molecule has 0 bridgehead atoms. The lowest BCUT2D eigenvalue weighted by Gasteiger charge is -2.33. The first kappa shape index (κ1) is 16.5. The van der Waals surface area contributed by atoms with Crippen molar-refractivity contribution in [1.82, 2.24) is 24.8 Å². The first-order valence-corrected chi connectivity index (χ1v) is 9.85. The quantitative estimate of drug-likeness (QED) is 0.698. The molecule has 0 atom stereocenters. The van der Waals surface area contributed by atoms with E-state index >= 15 is 0 Å². The van der Waals surface area contributed by atoms with E-state index in [-0.39, 0.29) is 0 Å². The van der Waals surface area contributed by atoms with Crippen LogP contribution in [0.1, 0.15) is 41.6 Å². The van der Waals surface area contributed by atoms with Crippen molar-refractivity contribution in [1.29, 1.82) is 0 Å². The van der Waals surface area contributed by atoms with Gasteiger partial charge < -0.3 is 9.80 Å². The lowest BCUT2D eigenvalue weighted by Crippen LogP contribution is -2.34. The molecule has 3 aromatic heterocycles. The Morgan fingerprint density at radius 1 is 0.963 bits per heavy atom. The number of hydrogen-bond acceptors (Lipinski definition) is 6. The fraction of sp³-hybridized carbons (Fsp3) is 0.500. The summed E-state index contributed by atoms with van der Waals surface area (Å²) in [6.45, 7) is 8.31. The molecule has 5 rings (SSSR count). The molecule has 1 fully saturated rings. The molecule has 2 aliphatic heterocycles. The normalized spacial score (nSPS) is 17.4. The van der Waals surface area contributed by atoms with Gasteiger partial charge in [-0.15, -0.1) is 15.3 Å². The molecule has 0 amide bonds. The van der Waals surface area contributed by atoms with E-state index in [4.69, 9.17) is 10.1 Å². The molecule has 27 heavy (non-hydrogen) atoms. The van der Waals surface area contributed by atoms with Crippen molar-refractivity contribution >= 4 is 17.2 Å². The highest BCUT2D eigenvalue weighted by Crippen LogP contribution is 2.29. The van der Waals surface area contributed by atoms with Crippen LogP contribution in [0.4, 0.5) is 11.5 Å². The molecular formula is C20H25N7. The van der Waals surface area contributed by atoms with Crippen molar-refractivity contribution in [2.45, 2.75) is 46.1 Å².